The molecule has 1 heterocycles. The van der Waals surface area contributed by atoms with E-state index >= 15 is 0 Å². The van der Waals surface area contributed by atoms with E-state index in [1.54, 1.807) is 0 Å². The minimum Gasteiger partial charge on any atom is -0.479 e. The van der Waals surface area contributed by atoms with E-state index in [-0.39, 0.29) is 6.54 Å². The standard InChI is InChI=1S/C9H18N2O5S/c1-16-8(9(12)13)7-10-17(14,15)11-5-3-2-4-6-11/h8,10H,2-7H2,1H3,(H,12,13). The molecule has 1 fully saturated rings. The molecule has 0 radical (unpaired) electrons. The highest BCUT2D eigenvalue weighted by Crippen LogP contribution is 2.11. The quantitative estimate of drug-likeness (QED) is 0.669. The van der Waals surface area contributed by atoms with Gasteiger partial charge in [-0.2, -0.15) is 17.4 Å². The van der Waals surface area contributed by atoms with E-state index in [9.17, 15) is 13.2 Å². The average molecular weight is 266 g/mol. The Morgan fingerprint density at radius 2 is 2.00 bits per heavy atom. The van der Waals surface area contributed by atoms with Gasteiger partial charge in [0.15, 0.2) is 6.10 Å². The third kappa shape index (κ3) is 4.23. The number of carboxylic acids is 1. The number of carbonyl (C=O) groups is 1. The van der Waals surface area contributed by atoms with Gasteiger partial charge in [0.25, 0.3) is 10.2 Å². The molecule has 1 unspecified atom stereocenters. The molecule has 7 nitrogen and oxygen atoms in total. The topological polar surface area (TPSA) is 95.9 Å². The normalized spacial score (nSPS) is 20.1. The molecule has 0 bridgehead atoms. The van der Waals surface area contributed by atoms with E-state index < -0.39 is 22.3 Å². The summed E-state index contributed by atoms with van der Waals surface area (Å²) >= 11 is 0. The van der Waals surface area contributed by atoms with Crippen LogP contribution in [0.15, 0.2) is 0 Å². The number of nitrogens with zero attached hydrogens (tertiary/aromatic N) is 1. The molecule has 8 heteroatoms. The summed E-state index contributed by atoms with van der Waals surface area (Å²) in [5.41, 5.74) is 0. The minimum absolute atomic E-state index is 0.259. The highest BCUT2D eigenvalue weighted by Gasteiger charge is 2.26. The molecule has 0 aromatic rings. The lowest BCUT2D eigenvalue weighted by atomic mass is 10.2. The first-order valence-electron chi connectivity index (χ1n) is 5.47. The molecule has 1 aliphatic heterocycles. The Hall–Kier alpha value is -0.700. The van der Waals surface area contributed by atoms with Gasteiger partial charge in [-0.25, -0.2) is 4.79 Å². The van der Waals surface area contributed by atoms with Gasteiger partial charge in [0, 0.05) is 26.7 Å². The summed E-state index contributed by atoms with van der Waals surface area (Å²) < 4.78 is 31.8. The third-order valence-electron chi connectivity index (χ3n) is 2.67. The van der Waals surface area contributed by atoms with Crippen LogP contribution in [-0.4, -0.2) is 56.6 Å². The molecule has 1 atom stereocenters. The Morgan fingerprint density at radius 3 is 2.47 bits per heavy atom. The monoisotopic (exact) mass is 266 g/mol. The second-order valence-electron chi connectivity index (χ2n) is 3.88. The summed E-state index contributed by atoms with van der Waals surface area (Å²) in [6.07, 6.45) is 1.55. The number of aliphatic carboxylic acids is 1. The van der Waals surface area contributed by atoms with Crippen molar-refractivity contribution >= 4 is 16.2 Å². The molecule has 2 N–H and O–H groups in total. The number of ether oxygens (including phenoxy) is 1. The largest absolute Gasteiger partial charge is 0.479 e. The maximum atomic E-state index is 11.8. The molecule has 0 amide bonds. The van der Waals surface area contributed by atoms with Crippen LogP contribution < -0.4 is 4.72 Å². The fraction of sp³-hybridized carbons (Fsp3) is 0.889. The van der Waals surface area contributed by atoms with Crippen LogP contribution in [0.2, 0.25) is 0 Å². The van der Waals surface area contributed by atoms with Crippen molar-refractivity contribution in [1.82, 2.24) is 9.03 Å². The molecule has 0 aromatic carbocycles. The van der Waals surface area contributed by atoms with Crippen LogP contribution in [0.25, 0.3) is 0 Å². The lowest BCUT2D eigenvalue weighted by molar-refractivity contribution is -0.147. The first-order chi connectivity index (χ1) is 7.97. The molecule has 1 rings (SSSR count). The van der Waals surface area contributed by atoms with E-state index in [1.807, 2.05) is 0 Å². The predicted molar refractivity (Wildman–Crippen MR) is 60.8 cm³/mol. The fourth-order valence-electron chi connectivity index (χ4n) is 1.65. The van der Waals surface area contributed by atoms with E-state index in [4.69, 9.17) is 5.11 Å². The van der Waals surface area contributed by atoms with Crippen LogP contribution in [0.4, 0.5) is 0 Å². The molecule has 0 aliphatic carbocycles. The first kappa shape index (κ1) is 14.4. The Balaban J connectivity index is 2.51. The number of nitrogens with one attached hydrogen (secondary N) is 1. The number of carboxylic acid groups (broad SMARTS) is 1. The van der Waals surface area contributed by atoms with Crippen molar-refractivity contribution < 1.29 is 23.1 Å². The Bertz CT molecular complexity index is 350. The Morgan fingerprint density at radius 1 is 1.41 bits per heavy atom. The van der Waals surface area contributed by atoms with E-state index in [1.165, 1.54) is 11.4 Å². The highest BCUT2D eigenvalue weighted by molar-refractivity contribution is 7.87. The smallest absolute Gasteiger partial charge is 0.334 e. The predicted octanol–water partition coefficient (Wildman–Crippen LogP) is -0.594. The van der Waals surface area contributed by atoms with Crippen molar-refractivity contribution in [3.05, 3.63) is 0 Å². The van der Waals surface area contributed by atoms with Gasteiger partial charge in [0.2, 0.25) is 0 Å². The lowest BCUT2D eigenvalue weighted by Crippen LogP contribution is -2.47. The summed E-state index contributed by atoms with van der Waals surface area (Å²) in [6, 6.07) is 0. The third-order valence-corrected chi connectivity index (χ3v) is 4.24. The zero-order chi connectivity index (χ0) is 12.9. The van der Waals surface area contributed by atoms with Gasteiger partial charge in [0.1, 0.15) is 0 Å². The van der Waals surface area contributed by atoms with Gasteiger partial charge in [-0.3, -0.25) is 0 Å². The number of hydrogen-bond donors (Lipinski definition) is 2. The maximum Gasteiger partial charge on any atom is 0.334 e. The van der Waals surface area contributed by atoms with E-state index in [0.29, 0.717) is 13.1 Å². The number of rotatable bonds is 6. The van der Waals surface area contributed by atoms with E-state index in [2.05, 4.69) is 9.46 Å². The van der Waals surface area contributed by atoms with Crippen LogP contribution in [0, 0.1) is 0 Å². The van der Waals surface area contributed by atoms with Crippen molar-refractivity contribution in [2.45, 2.75) is 25.4 Å². The van der Waals surface area contributed by atoms with Gasteiger partial charge < -0.3 is 9.84 Å². The fourth-order valence-corrected chi connectivity index (χ4v) is 2.93. The SMILES string of the molecule is COC(CNS(=O)(=O)N1CCCCC1)C(=O)O. The van der Waals surface area contributed by atoms with E-state index in [0.717, 1.165) is 19.3 Å². The second kappa shape index (κ2) is 6.29. The van der Waals surface area contributed by atoms with Gasteiger partial charge >= 0.3 is 5.97 Å². The zero-order valence-electron chi connectivity index (χ0n) is 9.76. The minimum atomic E-state index is -3.58. The van der Waals surface area contributed by atoms with Crippen molar-refractivity contribution in [3.8, 4) is 0 Å². The molecular weight excluding hydrogens is 248 g/mol. The van der Waals surface area contributed by atoms with Crippen molar-refractivity contribution in [1.29, 1.82) is 0 Å². The molecular formula is C9H18N2O5S. The van der Waals surface area contributed by atoms with Gasteiger partial charge in [-0.05, 0) is 12.8 Å². The molecule has 17 heavy (non-hydrogen) atoms. The molecule has 0 aromatic heterocycles. The van der Waals surface area contributed by atoms with Crippen LogP contribution in [0.5, 0.6) is 0 Å². The summed E-state index contributed by atoms with van der Waals surface area (Å²) in [7, 11) is -2.35. The van der Waals surface area contributed by atoms with Gasteiger partial charge in [-0.1, -0.05) is 6.42 Å². The lowest BCUT2D eigenvalue weighted by Gasteiger charge is -2.26. The van der Waals surface area contributed by atoms with Crippen molar-refractivity contribution in [2.75, 3.05) is 26.7 Å². The Kier molecular flexibility index (Phi) is 5.31. The van der Waals surface area contributed by atoms with Crippen LogP contribution in [0.3, 0.4) is 0 Å². The van der Waals surface area contributed by atoms with Gasteiger partial charge in [0.05, 0.1) is 0 Å². The molecule has 1 aliphatic rings. The zero-order valence-corrected chi connectivity index (χ0v) is 10.6. The summed E-state index contributed by atoms with van der Waals surface area (Å²) in [5, 5.41) is 8.71. The Labute approximate surface area is 101 Å². The summed E-state index contributed by atoms with van der Waals surface area (Å²) in [6.45, 7) is 0.713. The van der Waals surface area contributed by atoms with Gasteiger partial charge in [-0.15, -0.1) is 0 Å². The summed E-state index contributed by atoms with van der Waals surface area (Å²) in [5.74, 6) is -1.19. The average Bonchev–Trinajstić information content (AvgIpc) is 2.30. The van der Waals surface area contributed by atoms with Crippen LogP contribution in [-0.2, 0) is 19.7 Å². The molecule has 100 valence electrons. The maximum absolute atomic E-state index is 11.8. The molecule has 0 saturated carbocycles. The molecule has 1 saturated heterocycles. The first-order valence-corrected chi connectivity index (χ1v) is 6.91. The number of piperidine rings is 1. The van der Waals surface area contributed by atoms with Crippen LogP contribution >= 0.6 is 0 Å². The molecule has 0 spiro atoms. The van der Waals surface area contributed by atoms with Crippen molar-refractivity contribution in [2.24, 2.45) is 0 Å². The highest BCUT2D eigenvalue weighted by atomic mass is 32.2. The number of hydrogen-bond acceptors (Lipinski definition) is 4. The van der Waals surface area contributed by atoms with Crippen LogP contribution in [0.1, 0.15) is 19.3 Å². The summed E-state index contributed by atoms with van der Waals surface area (Å²) in [4.78, 5) is 10.7. The van der Waals surface area contributed by atoms with Crippen molar-refractivity contribution in [3.63, 3.8) is 0 Å². The second-order valence-corrected chi connectivity index (χ2v) is 5.63. The number of methoxy groups -OCH3 is 1.